The lowest BCUT2D eigenvalue weighted by atomic mass is 10.0. The number of likely N-dealkylation sites (N-methyl/N-ethyl adjacent to an activating group) is 1. The van der Waals surface area contributed by atoms with Gasteiger partial charge in [0.1, 0.15) is 10.7 Å². The summed E-state index contributed by atoms with van der Waals surface area (Å²) < 4.78 is 0. The fraction of sp³-hybridized carbons (Fsp3) is 0.538. The van der Waals surface area contributed by atoms with Crippen LogP contribution in [0.2, 0.25) is 5.02 Å². The van der Waals surface area contributed by atoms with Crippen molar-refractivity contribution in [2.75, 3.05) is 18.5 Å². The number of halogens is 1. The van der Waals surface area contributed by atoms with Gasteiger partial charge in [-0.15, -0.1) is 0 Å². The Bertz CT molecular complexity index is 487. The minimum absolute atomic E-state index is 0.103. The fourth-order valence-electron chi connectivity index (χ4n) is 2.71. The molecule has 1 saturated carbocycles. The molecule has 1 aliphatic carbocycles. The standard InChI is InChI=1S/C13H17ClN2O3/c1-15(9-13(17)7-2-3-8-13)11-6-4-5-10(14)12(11)16(18)19/h4-6,17H,2-3,7-9H2,1H3. The van der Waals surface area contributed by atoms with Gasteiger partial charge in [-0.2, -0.15) is 0 Å². The van der Waals surface area contributed by atoms with Gasteiger partial charge in [-0.3, -0.25) is 10.1 Å². The number of nitrogens with zero attached hydrogens (tertiary/aromatic N) is 2. The third-order valence-electron chi connectivity index (χ3n) is 3.63. The van der Waals surface area contributed by atoms with Crippen molar-refractivity contribution in [3.8, 4) is 0 Å². The van der Waals surface area contributed by atoms with Crippen LogP contribution >= 0.6 is 11.6 Å². The first kappa shape index (κ1) is 14.1. The minimum Gasteiger partial charge on any atom is -0.388 e. The van der Waals surface area contributed by atoms with Gasteiger partial charge in [0.05, 0.1) is 10.5 Å². The maximum Gasteiger partial charge on any atom is 0.310 e. The van der Waals surface area contributed by atoms with E-state index in [-0.39, 0.29) is 10.7 Å². The molecule has 0 amide bonds. The molecule has 104 valence electrons. The highest BCUT2D eigenvalue weighted by atomic mass is 35.5. The summed E-state index contributed by atoms with van der Waals surface area (Å²) in [4.78, 5) is 12.3. The molecule has 5 nitrogen and oxygen atoms in total. The molecule has 0 saturated heterocycles. The van der Waals surface area contributed by atoms with Crippen LogP contribution in [-0.4, -0.2) is 29.2 Å². The van der Waals surface area contributed by atoms with Crippen LogP contribution in [0, 0.1) is 10.1 Å². The predicted octanol–water partition coefficient (Wildman–Crippen LogP) is 2.99. The SMILES string of the molecule is CN(CC1(O)CCCC1)c1cccc(Cl)c1[N+](=O)[O-]. The molecule has 0 unspecified atom stereocenters. The summed E-state index contributed by atoms with van der Waals surface area (Å²) in [6, 6.07) is 4.84. The molecule has 0 atom stereocenters. The molecule has 0 radical (unpaired) electrons. The number of hydrogen-bond acceptors (Lipinski definition) is 4. The number of nitro benzene ring substituents is 1. The van der Waals surface area contributed by atoms with Gasteiger partial charge in [0.25, 0.3) is 0 Å². The Labute approximate surface area is 116 Å². The van der Waals surface area contributed by atoms with Crippen molar-refractivity contribution in [3.63, 3.8) is 0 Å². The van der Waals surface area contributed by atoms with Gasteiger partial charge in [0.15, 0.2) is 0 Å². The molecule has 1 N–H and O–H groups in total. The first-order valence-corrected chi connectivity index (χ1v) is 6.67. The lowest BCUT2D eigenvalue weighted by molar-refractivity contribution is -0.384. The Hall–Kier alpha value is -1.33. The summed E-state index contributed by atoms with van der Waals surface area (Å²) in [7, 11) is 1.74. The summed E-state index contributed by atoms with van der Waals surface area (Å²) in [6.07, 6.45) is 3.49. The average Bonchev–Trinajstić information content (AvgIpc) is 2.74. The molecule has 1 aliphatic rings. The topological polar surface area (TPSA) is 66.6 Å². The monoisotopic (exact) mass is 284 g/mol. The van der Waals surface area contributed by atoms with E-state index in [0.717, 1.165) is 25.7 Å². The van der Waals surface area contributed by atoms with Crippen molar-refractivity contribution < 1.29 is 10.0 Å². The third kappa shape index (κ3) is 2.98. The summed E-state index contributed by atoms with van der Waals surface area (Å²) in [5.74, 6) is 0. The molecule has 1 aromatic rings. The summed E-state index contributed by atoms with van der Waals surface area (Å²) in [6.45, 7) is 0.383. The molecule has 19 heavy (non-hydrogen) atoms. The van der Waals surface area contributed by atoms with E-state index in [2.05, 4.69) is 0 Å². The van der Waals surface area contributed by atoms with E-state index in [0.29, 0.717) is 12.2 Å². The van der Waals surface area contributed by atoms with Gasteiger partial charge in [-0.05, 0) is 25.0 Å². The summed E-state index contributed by atoms with van der Waals surface area (Å²) in [5.41, 5.74) is -0.406. The zero-order chi connectivity index (χ0) is 14.0. The highest BCUT2D eigenvalue weighted by molar-refractivity contribution is 6.33. The van der Waals surface area contributed by atoms with Crippen molar-refractivity contribution in [3.05, 3.63) is 33.3 Å². The first-order chi connectivity index (χ1) is 8.93. The predicted molar refractivity (Wildman–Crippen MR) is 74.8 cm³/mol. The molecular weight excluding hydrogens is 268 g/mol. The normalized spacial score (nSPS) is 17.4. The number of para-hydroxylation sites is 1. The van der Waals surface area contributed by atoms with E-state index < -0.39 is 10.5 Å². The average molecular weight is 285 g/mol. The molecule has 1 fully saturated rings. The van der Waals surface area contributed by atoms with E-state index in [4.69, 9.17) is 11.6 Å². The highest BCUT2D eigenvalue weighted by Crippen LogP contribution is 2.37. The van der Waals surface area contributed by atoms with Gasteiger partial charge in [-0.25, -0.2) is 0 Å². The fourth-order valence-corrected chi connectivity index (χ4v) is 2.95. The second-order valence-corrected chi connectivity index (χ2v) is 5.56. The molecule has 0 heterocycles. The van der Waals surface area contributed by atoms with Gasteiger partial charge < -0.3 is 10.0 Å². The second kappa shape index (κ2) is 5.35. The van der Waals surface area contributed by atoms with Crippen molar-refractivity contribution in [1.29, 1.82) is 0 Å². The van der Waals surface area contributed by atoms with E-state index in [1.165, 1.54) is 6.07 Å². The largest absolute Gasteiger partial charge is 0.388 e. The van der Waals surface area contributed by atoms with E-state index >= 15 is 0 Å². The third-order valence-corrected chi connectivity index (χ3v) is 3.93. The lowest BCUT2D eigenvalue weighted by Crippen LogP contribution is -2.39. The number of rotatable bonds is 4. The number of aliphatic hydroxyl groups is 1. The van der Waals surface area contributed by atoms with Crippen molar-refractivity contribution in [2.45, 2.75) is 31.3 Å². The van der Waals surface area contributed by atoms with E-state index in [1.807, 2.05) is 0 Å². The van der Waals surface area contributed by atoms with Crippen LogP contribution in [0.3, 0.4) is 0 Å². The Kier molecular flexibility index (Phi) is 3.96. The van der Waals surface area contributed by atoms with Crippen LogP contribution in [0.15, 0.2) is 18.2 Å². The minimum atomic E-state index is -0.745. The van der Waals surface area contributed by atoms with Crippen LogP contribution in [0.4, 0.5) is 11.4 Å². The first-order valence-electron chi connectivity index (χ1n) is 6.29. The van der Waals surface area contributed by atoms with Crippen LogP contribution in [0.5, 0.6) is 0 Å². The van der Waals surface area contributed by atoms with Gasteiger partial charge >= 0.3 is 5.69 Å². The molecule has 0 aromatic heterocycles. The number of anilines is 1. The number of benzene rings is 1. The van der Waals surface area contributed by atoms with E-state index in [9.17, 15) is 15.2 Å². The zero-order valence-electron chi connectivity index (χ0n) is 10.8. The van der Waals surface area contributed by atoms with Gasteiger partial charge in [0, 0.05) is 13.6 Å². The van der Waals surface area contributed by atoms with Crippen LogP contribution < -0.4 is 4.90 Å². The molecule has 2 rings (SSSR count). The lowest BCUT2D eigenvalue weighted by Gasteiger charge is -2.29. The second-order valence-electron chi connectivity index (χ2n) is 5.15. The number of hydrogen-bond donors (Lipinski definition) is 1. The maximum atomic E-state index is 11.1. The quantitative estimate of drug-likeness (QED) is 0.682. The molecule has 0 bridgehead atoms. The molecule has 6 heteroatoms. The van der Waals surface area contributed by atoms with Crippen LogP contribution in [0.25, 0.3) is 0 Å². The maximum absolute atomic E-state index is 11.1. The number of nitro groups is 1. The Morgan fingerprint density at radius 3 is 2.68 bits per heavy atom. The van der Waals surface area contributed by atoms with Crippen LogP contribution in [0.1, 0.15) is 25.7 Å². The van der Waals surface area contributed by atoms with E-state index in [1.54, 1.807) is 24.1 Å². The molecule has 0 spiro atoms. The van der Waals surface area contributed by atoms with Gasteiger partial charge in [-0.1, -0.05) is 30.5 Å². The zero-order valence-corrected chi connectivity index (χ0v) is 11.6. The summed E-state index contributed by atoms with van der Waals surface area (Å²) >= 11 is 5.89. The van der Waals surface area contributed by atoms with Gasteiger partial charge in [0.2, 0.25) is 0 Å². The Balaban J connectivity index is 2.26. The smallest absolute Gasteiger partial charge is 0.310 e. The van der Waals surface area contributed by atoms with Crippen molar-refractivity contribution in [2.24, 2.45) is 0 Å². The molecule has 1 aromatic carbocycles. The van der Waals surface area contributed by atoms with Crippen molar-refractivity contribution >= 4 is 23.0 Å². The van der Waals surface area contributed by atoms with Crippen molar-refractivity contribution in [1.82, 2.24) is 0 Å². The summed E-state index contributed by atoms with van der Waals surface area (Å²) in [5, 5.41) is 21.6. The Morgan fingerprint density at radius 2 is 2.11 bits per heavy atom. The molecular formula is C13H17ClN2O3. The Morgan fingerprint density at radius 1 is 1.47 bits per heavy atom. The molecule has 0 aliphatic heterocycles. The highest BCUT2D eigenvalue weighted by Gasteiger charge is 2.34. The van der Waals surface area contributed by atoms with Crippen LogP contribution in [-0.2, 0) is 0 Å².